The van der Waals surface area contributed by atoms with Gasteiger partial charge in [0.1, 0.15) is 11.3 Å². The van der Waals surface area contributed by atoms with Crippen molar-refractivity contribution in [3.05, 3.63) is 51.1 Å². The molecule has 0 aliphatic carbocycles. The molecule has 1 N–H and O–H groups in total. The maximum absolute atomic E-state index is 11.1. The lowest BCUT2D eigenvalue weighted by atomic mass is 10.2. The number of hydrogen-bond donors (Lipinski definition) is 1. The molecular formula is C13H9BrClNO3. The summed E-state index contributed by atoms with van der Waals surface area (Å²) < 4.78 is 6.11. The van der Waals surface area contributed by atoms with Crippen LogP contribution in [-0.2, 0) is 0 Å². The normalized spacial score (nSPS) is 10.3. The first-order chi connectivity index (χ1) is 8.97. The molecule has 0 bridgehead atoms. The molecular weight excluding hydrogens is 334 g/mol. The fourth-order valence-corrected chi connectivity index (χ4v) is 2.05. The maximum Gasteiger partial charge on any atom is 0.341 e. The summed E-state index contributed by atoms with van der Waals surface area (Å²) in [6, 6.07) is 6.52. The number of aryl methyl sites for hydroxylation is 1. The number of nitrogens with zero attached hydrogens (tertiary/aromatic N) is 1. The number of ether oxygens (including phenoxy) is 1. The van der Waals surface area contributed by atoms with E-state index in [0.29, 0.717) is 15.2 Å². The van der Waals surface area contributed by atoms with E-state index in [1.807, 2.05) is 6.92 Å². The SMILES string of the molecule is Cc1cc(Cl)ccc1Oc1ncc(Br)cc1C(=O)O. The van der Waals surface area contributed by atoms with Crippen molar-refractivity contribution < 1.29 is 14.6 Å². The molecule has 2 aromatic rings. The lowest BCUT2D eigenvalue weighted by Gasteiger charge is -2.10. The van der Waals surface area contributed by atoms with Crippen LogP contribution < -0.4 is 4.74 Å². The van der Waals surface area contributed by atoms with Crippen molar-refractivity contribution in [2.24, 2.45) is 0 Å². The number of carboxylic acid groups (broad SMARTS) is 1. The van der Waals surface area contributed by atoms with Crippen LogP contribution in [0.1, 0.15) is 15.9 Å². The van der Waals surface area contributed by atoms with Crippen LogP contribution in [0.15, 0.2) is 34.9 Å². The van der Waals surface area contributed by atoms with Gasteiger partial charge in [-0.15, -0.1) is 0 Å². The summed E-state index contributed by atoms with van der Waals surface area (Å²) in [6.07, 6.45) is 1.48. The smallest absolute Gasteiger partial charge is 0.341 e. The van der Waals surface area contributed by atoms with E-state index in [-0.39, 0.29) is 11.4 Å². The minimum atomic E-state index is -1.10. The third-order valence-electron chi connectivity index (χ3n) is 2.39. The molecule has 0 aliphatic heterocycles. The predicted octanol–water partition coefficient (Wildman–Crippen LogP) is 4.30. The van der Waals surface area contributed by atoms with Crippen LogP contribution in [0, 0.1) is 6.92 Å². The average Bonchev–Trinajstić information content (AvgIpc) is 2.34. The highest BCUT2D eigenvalue weighted by atomic mass is 79.9. The summed E-state index contributed by atoms with van der Waals surface area (Å²) in [7, 11) is 0. The minimum absolute atomic E-state index is 0.0104. The van der Waals surface area contributed by atoms with Crippen LogP contribution in [0.25, 0.3) is 0 Å². The zero-order chi connectivity index (χ0) is 14.0. The Hall–Kier alpha value is -1.59. The minimum Gasteiger partial charge on any atom is -0.477 e. The van der Waals surface area contributed by atoms with E-state index in [1.54, 1.807) is 18.2 Å². The van der Waals surface area contributed by atoms with Gasteiger partial charge in [-0.05, 0) is 52.7 Å². The zero-order valence-electron chi connectivity index (χ0n) is 9.85. The Morgan fingerprint density at radius 2 is 2.16 bits per heavy atom. The Bertz CT molecular complexity index is 646. The number of halogens is 2. The third-order valence-corrected chi connectivity index (χ3v) is 3.06. The van der Waals surface area contributed by atoms with Gasteiger partial charge >= 0.3 is 5.97 Å². The predicted molar refractivity (Wildman–Crippen MR) is 75.2 cm³/mol. The first kappa shape index (κ1) is 13.8. The highest BCUT2D eigenvalue weighted by molar-refractivity contribution is 9.10. The highest BCUT2D eigenvalue weighted by Gasteiger charge is 2.15. The molecule has 0 unspecified atom stereocenters. The topological polar surface area (TPSA) is 59.4 Å². The van der Waals surface area contributed by atoms with Gasteiger partial charge in [0.15, 0.2) is 0 Å². The van der Waals surface area contributed by atoms with Crippen molar-refractivity contribution in [3.63, 3.8) is 0 Å². The van der Waals surface area contributed by atoms with Gasteiger partial charge in [0, 0.05) is 15.7 Å². The molecule has 1 heterocycles. The van der Waals surface area contributed by atoms with Crippen molar-refractivity contribution in [1.29, 1.82) is 0 Å². The number of hydrogen-bond acceptors (Lipinski definition) is 3. The Kier molecular flexibility index (Phi) is 4.07. The molecule has 2 rings (SSSR count). The van der Waals surface area contributed by atoms with Gasteiger partial charge in [0.05, 0.1) is 0 Å². The Morgan fingerprint density at radius 3 is 2.79 bits per heavy atom. The van der Waals surface area contributed by atoms with Crippen molar-refractivity contribution in [3.8, 4) is 11.6 Å². The summed E-state index contributed by atoms with van der Waals surface area (Å²) in [5.74, 6) is -0.543. The quantitative estimate of drug-likeness (QED) is 0.903. The van der Waals surface area contributed by atoms with E-state index >= 15 is 0 Å². The summed E-state index contributed by atoms with van der Waals surface area (Å²) >= 11 is 9.03. The number of benzene rings is 1. The first-order valence-electron chi connectivity index (χ1n) is 5.30. The number of rotatable bonds is 3. The molecule has 19 heavy (non-hydrogen) atoms. The molecule has 1 aromatic carbocycles. The first-order valence-corrected chi connectivity index (χ1v) is 6.47. The van der Waals surface area contributed by atoms with Crippen molar-refractivity contribution >= 4 is 33.5 Å². The number of aromatic nitrogens is 1. The molecule has 0 fully saturated rings. The van der Waals surface area contributed by atoms with Crippen LogP contribution in [0.2, 0.25) is 5.02 Å². The third kappa shape index (κ3) is 3.24. The average molecular weight is 343 g/mol. The molecule has 0 amide bonds. The van der Waals surface area contributed by atoms with Gasteiger partial charge in [-0.25, -0.2) is 9.78 Å². The van der Waals surface area contributed by atoms with Crippen molar-refractivity contribution in [2.45, 2.75) is 6.92 Å². The van der Waals surface area contributed by atoms with Crippen LogP contribution >= 0.6 is 27.5 Å². The molecule has 4 nitrogen and oxygen atoms in total. The summed E-state index contributed by atoms with van der Waals surface area (Å²) in [5.41, 5.74) is 0.789. The second kappa shape index (κ2) is 5.59. The summed E-state index contributed by atoms with van der Waals surface area (Å²) in [5, 5.41) is 9.71. The Labute approximate surface area is 123 Å². The van der Waals surface area contributed by atoms with E-state index in [9.17, 15) is 4.79 Å². The number of carboxylic acids is 1. The van der Waals surface area contributed by atoms with Crippen molar-refractivity contribution in [2.75, 3.05) is 0 Å². The number of aromatic carboxylic acids is 1. The van der Waals surface area contributed by atoms with Crippen molar-refractivity contribution in [1.82, 2.24) is 4.98 Å². The van der Waals surface area contributed by atoms with Crippen LogP contribution in [0.3, 0.4) is 0 Å². The van der Waals surface area contributed by atoms with E-state index < -0.39 is 5.97 Å². The molecule has 0 radical (unpaired) electrons. The Balaban J connectivity index is 2.40. The second-order valence-electron chi connectivity index (χ2n) is 3.82. The van der Waals surface area contributed by atoms with E-state index in [2.05, 4.69) is 20.9 Å². The van der Waals surface area contributed by atoms with Gasteiger partial charge in [-0.1, -0.05) is 11.6 Å². The van der Waals surface area contributed by atoms with Crippen LogP contribution in [-0.4, -0.2) is 16.1 Å². The van der Waals surface area contributed by atoms with Crippen LogP contribution in [0.4, 0.5) is 0 Å². The van der Waals surface area contributed by atoms with Gasteiger partial charge < -0.3 is 9.84 Å². The van der Waals surface area contributed by atoms with Gasteiger partial charge in [-0.3, -0.25) is 0 Å². The molecule has 6 heteroatoms. The largest absolute Gasteiger partial charge is 0.477 e. The molecule has 1 aromatic heterocycles. The standard InChI is InChI=1S/C13H9BrClNO3/c1-7-4-9(15)2-3-11(7)19-12-10(13(17)18)5-8(14)6-16-12/h2-6H,1H3,(H,17,18). The summed E-state index contributed by atoms with van der Waals surface area (Å²) in [4.78, 5) is 15.1. The van der Waals surface area contributed by atoms with Gasteiger partial charge in [-0.2, -0.15) is 0 Å². The lowest BCUT2D eigenvalue weighted by molar-refractivity contribution is 0.0693. The Morgan fingerprint density at radius 1 is 1.42 bits per heavy atom. The fraction of sp³-hybridized carbons (Fsp3) is 0.0769. The molecule has 0 atom stereocenters. The van der Waals surface area contributed by atoms with Gasteiger partial charge in [0.25, 0.3) is 0 Å². The lowest BCUT2D eigenvalue weighted by Crippen LogP contribution is -2.02. The zero-order valence-corrected chi connectivity index (χ0v) is 12.2. The molecule has 0 spiro atoms. The molecule has 0 saturated heterocycles. The van der Waals surface area contributed by atoms with E-state index in [1.165, 1.54) is 12.3 Å². The number of pyridine rings is 1. The molecule has 0 saturated carbocycles. The molecule has 0 aliphatic rings. The fourth-order valence-electron chi connectivity index (χ4n) is 1.49. The van der Waals surface area contributed by atoms with Crippen LogP contribution in [0.5, 0.6) is 11.6 Å². The molecule has 98 valence electrons. The van der Waals surface area contributed by atoms with E-state index in [0.717, 1.165) is 5.56 Å². The second-order valence-corrected chi connectivity index (χ2v) is 5.18. The maximum atomic E-state index is 11.1. The number of carbonyl (C=O) groups is 1. The summed E-state index contributed by atoms with van der Waals surface area (Å²) in [6.45, 7) is 1.82. The highest BCUT2D eigenvalue weighted by Crippen LogP contribution is 2.29. The van der Waals surface area contributed by atoms with Gasteiger partial charge in [0.2, 0.25) is 5.88 Å². The monoisotopic (exact) mass is 341 g/mol. The van der Waals surface area contributed by atoms with E-state index in [4.69, 9.17) is 21.4 Å².